The highest BCUT2D eigenvalue weighted by atomic mass is 19.1. The summed E-state index contributed by atoms with van der Waals surface area (Å²) < 4.78 is 37.7. The van der Waals surface area contributed by atoms with Crippen LogP contribution in [0.15, 0.2) is 72.8 Å². The van der Waals surface area contributed by atoms with E-state index in [2.05, 4.69) is 5.32 Å². The molecule has 166 valence electrons. The molecule has 0 unspecified atom stereocenters. The first-order valence-electron chi connectivity index (χ1n) is 9.75. The van der Waals surface area contributed by atoms with Crippen molar-refractivity contribution in [3.63, 3.8) is 0 Å². The molecule has 0 saturated heterocycles. The highest BCUT2D eigenvalue weighted by Crippen LogP contribution is 2.20. The Hall–Kier alpha value is -3.94. The number of halogens is 2. The van der Waals surface area contributed by atoms with Crippen LogP contribution in [0.4, 0.5) is 19.3 Å². The highest BCUT2D eigenvalue weighted by Gasteiger charge is 2.26. The molecule has 0 radical (unpaired) electrons. The molecule has 0 bridgehead atoms. The molecule has 0 aliphatic carbocycles. The van der Waals surface area contributed by atoms with E-state index in [1.54, 1.807) is 54.6 Å². The standard InChI is InChI=1S/C24H22F2N2O4/c1-28(19-8-10-20(31-2)11-9-19)23(29)22(14-16-12-17(25)15-18(26)13-16)27-24(30)32-21-6-4-3-5-7-21/h3-13,15,22H,14H2,1-2H3,(H,27,30)/t22-/m0/s1. The molecule has 32 heavy (non-hydrogen) atoms. The van der Waals surface area contributed by atoms with Crippen LogP contribution in [-0.2, 0) is 11.2 Å². The molecule has 2 amide bonds. The molecule has 6 nitrogen and oxygen atoms in total. The quantitative estimate of drug-likeness (QED) is 0.594. The fourth-order valence-electron chi connectivity index (χ4n) is 3.10. The number of amides is 2. The first kappa shape index (κ1) is 22.7. The number of hydrogen-bond donors (Lipinski definition) is 1. The molecule has 0 aliphatic rings. The van der Waals surface area contributed by atoms with Gasteiger partial charge in [0.15, 0.2) is 0 Å². The van der Waals surface area contributed by atoms with E-state index < -0.39 is 29.7 Å². The molecule has 0 aliphatic heterocycles. The van der Waals surface area contributed by atoms with Gasteiger partial charge in [0.1, 0.15) is 29.2 Å². The van der Waals surface area contributed by atoms with E-state index in [4.69, 9.17) is 9.47 Å². The number of likely N-dealkylation sites (N-methyl/N-ethyl adjacent to an activating group) is 1. The predicted octanol–water partition coefficient (Wildman–Crippen LogP) is 4.34. The number of nitrogens with one attached hydrogen (secondary N) is 1. The maximum Gasteiger partial charge on any atom is 0.413 e. The van der Waals surface area contributed by atoms with Gasteiger partial charge in [-0.3, -0.25) is 4.79 Å². The second-order valence-electron chi connectivity index (χ2n) is 6.98. The summed E-state index contributed by atoms with van der Waals surface area (Å²) >= 11 is 0. The summed E-state index contributed by atoms with van der Waals surface area (Å²) in [4.78, 5) is 27.0. The number of methoxy groups -OCH3 is 1. The monoisotopic (exact) mass is 440 g/mol. The van der Waals surface area contributed by atoms with Crippen LogP contribution in [0, 0.1) is 11.6 Å². The second-order valence-corrected chi connectivity index (χ2v) is 6.98. The molecule has 0 saturated carbocycles. The molecule has 3 aromatic rings. The molecular weight excluding hydrogens is 418 g/mol. The Morgan fingerprint density at radius 1 is 0.938 bits per heavy atom. The Morgan fingerprint density at radius 3 is 2.16 bits per heavy atom. The number of hydrogen-bond acceptors (Lipinski definition) is 4. The maximum atomic E-state index is 13.7. The van der Waals surface area contributed by atoms with Crippen LogP contribution in [0.2, 0.25) is 0 Å². The summed E-state index contributed by atoms with van der Waals surface area (Å²) in [6.45, 7) is 0. The first-order chi connectivity index (χ1) is 15.4. The zero-order valence-corrected chi connectivity index (χ0v) is 17.5. The van der Waals surface area contributed by atoms with Crippen molar-refractivity contribution in [3.05, 3.63) is 90.0 Å². The summed E-state index contributed by atoms with van der Waals surface area (Å²) in [5.41, 5.74) is 0.758. The van der Waals surface area contributed by atoms with Crippen LogP contribution in [0.1, 0.15) is 5.56 Å². The zero-order valence-electron chi connectivity index (χ0n) is 17.5. The second kappa shape index (κ2) is 10.4. The number of anilines is 1. The van der Waals surface area contributed by atoms with Crippen LogP contribution >= 0.6 is 0 Å². The van der Waals surface area contributed by atoms with Gasteiger partial charge in [0.05, 0.1) is 7.11 Å². The Labute approximate surface area is 184 Å². The van der Waals surface area contributed by atoms with Gasteiger partial charge in [0, 0.05) is 25.2 Å². The van der Waals surface area contributed by atoms with Crippen LogP contribution < -0.4 is 19.7 Å². The number of rotatable bonds is 7. The summed E-state index contributed by atoms with van der Waals surface area (Å²) in [6, 6.07) is 16.9. The third kappa shape index (κ3) is 6.04. The van der Waals surface area contributed by atoms with Gasteiger partial charge in [-0.25, -0.2) is 13.6 Å². The van der Waals surface area contributed by atoms with Gasteiger partial charge >= 0.3 is 6.09 Å². The van der Waals surface area contributed by atoms with Crippen molar-refractivity contribution in [1.29, 1.82) is 0 Å². The fourth-order valence-corrected chi connectivity index (χ4v) is 3.10. The van der Waals surface area contributed by atoms with E-state index in [0.29, 0.717) is 11.4 Å². The van der Waals surface area contributed by atoms with E-state index in [1.807, 2.05) is 0 Å². The summed E-state index contributed by atoms with van der Waals surface area (Å²) in [7, 11) is 3.06. The Kier molecular flexibility index (Phi) is 7.38. The molecule has 0 spiro atoms. The van der Waals surface area contributed by atoms with Crippen molar-refractivity contribution >= 4 is 17.7 Å². The first-order valence-corrected chi connectivity index (χ1v) is 9.75. The van der Waals surface area contributed by atoms with Crippen molar-refractivity contribution in [3.8, 4) is 11.5 Å². The summed E-state index contributed by atoms with van der Waals surface area (Å²) in [6.07, 6.45) is -1.01. The molecule has 1 atom stereocenters. The van der Waals surface area contributed by atoms with Crippen molar-refractivity contribution in [2.75, 3.05) is 19.1 Å². The van der Waals surface area contributed by atoms with Gasteiger partial charge in [-0.1, -0.05) is 18.2 Å². The van der Waals surface area contributed by atoms with Crippen LogP contribution in [0.5, 0.6) is 11.5 Å². The van der Waals surface area contributed by atoms with Gasteiger partial charge in [0.25, 0.3) is 0 Å². The van der Waals surface area contributed by atoms with Crippen LogP contribution in [-0.4, -0.2) is 32.2 Å². The maximum absolute atomic E-state index is 13.7. The Morgan fingerprint density at radius 2 is 1.56 bits per heavy atom. The highest BCUT2D eigenvalue weighted by molar-refractivity contribution is 5.98. The van der Waals surface area contributed by atoms with E-state index in [9.17, 15) is 18.4 Å². The minimum Gasteiger partial charge on any atom is -0.497 e. The minimum atomic E-state index is -1.14. The predicted molar refractivity (Wildman–Crippen MR) is 116 cm³/mol. The lowest BCUT2D eigenvalue weighted by molar-refractivity contribution is -0.120. The lowest BCUT2D eigenvalue weighted by Gasteiger charge is -2.25. The van der Waals surface area contributed by atoms with E-state index >= 15 is 0 Å². The SMILES string of the molecule is COc1ccc(N(C)C(=O)[C@H](Cc2cc(F)cc(F)c2)NC(=O)Oc2ccccc2)cc1. The van der Waals surface area contributed by atoms with Crippen molar-refractivity contribution in [2.45, 2.75) is 12.5 Å². The normalized spacial score (nSPS) is 11.4. The van der Waals surface area contributed by atoms with Gasteiger partial charge in [-0.15, -0.1) is 0 Å². The van der Waals surface area contributed by atoms with Gasteiger partial charge in [-0.2, -0.15) is 0 Å². The van der Waals surface area contributed by atoms with E-state index in [1.165, 1.54) is 19.1 Å². The van der Waals surface area contributed by atoms with E-state index in [-0.39, 0.29) is 17.7 Å². The smallest absolute Gasteiger partial charge is 0.413 e. The molecule has 8 heteroatoms. The van der Waals surface area contributed by atoms with Crippen LogP contribution in [0.3, 0.4) is 0 Å². The van der Waals surface area contributed by atoms with Gasteiger partial charge in [-0.05, 0) is 54.1 Å². The van der Waals surface area contributed by atoms with E-state index in [0.717, 1.165) is 18.2 Å². The fraction of sp³-hybridized carbons (Fsp3) is 0.167. The number of para-hydroxylation sites is 1. The summed E-state index contributed by atoms with van der Waals surface area (Å²) in [5.74, 6) is -1.14. The van der Waals surface area contributed by atoms with Crippen molar-refractivity contribution < 1.29 is 27.8 Å². The molecule has 0 aromatic heterocycles. The number of nitrogens with zero attached hydrogens (tertiary/aromatic N) is 1. The molecule has 3 aromatic carbocycles. The molecule has 0 fully saturated rings. The Bertz CT molecular complexity index is 1050. The molecular formula is C24H22F2N2O4. The van der Waals surface area contributed by atoms with Crippen molar-refractivity contribution in [1.82, 2.24) is 5.32 Å². The third-order valence-electron chi connectivity index (χ3n) is 4.70. The Balaban J connectivity index is 1.82. The van der Waals surface area contributed by atoms with Crippen molar-refractivity contribution in [2.24, 2.45) is 0 Å². The number of ether oxygens (including phenoxy) is 2. The van der Waals surface area contributed by atoms with Crippen LogP contribution in [0.25, 0.3) is 0 Å². The molecule has 0 heterocycles. The summed E-state index contributed by atoms with van der Waals surface area (Å²) in [5, 5.41) is 2.50. The van der Waals surface area contributed by atoms with Gasteiger partial charge < -0.3 is 19.7 Å². The average Bonchev–Trinajstić information content (AvgIpc) is 2.77. The number of carbonyl (C=O) groups is 2. The molecule has 1 N–H and O–H groups in total. The average molecular weight is 440 g/mol. The number of carbonyl (C=O) groups excluding carboxylic acids is 2. The lowest BCUT2D eigenvalue weighted by atomic mass is 10.0. The zero-order chi connectivity index (χ0) is 23.1. The minimum absolute atomic E-state index is 0.141. The number of benzene rings is 3. The molecule has 3 rings (SSSR count). The lowest BCUT2D eigenvalue weighted by Crippen LogP contribution is -2.49. The topological polar surface area (TPSA) is 67.9 Å². The largest absolute Gasteiger partial charge is 0.497 e. The van der Waals surface area contributed by atoms with Gasteiger partial charge in [0.2, 0.25) is 5.91 Å². The third-order valence-corrected chi connectivity index (χ3v) is 4.70.